The Balaban J connectivity index is 1.94. The molecule has 11 heteroatoms. The number of carbonyl (C=O) groups is 1. The number of fused-ring (bicyclic) bond motifs is 1. The molecule has 2 aromatic heterocycles. The van der Waals surface area contributed by atoms with Gasteiger partial charge in [0, 0.05) is 19.3 Å². The van der Waals surface area contributed by atoms with Crippen LogP contribution in [0.3, 0.4) is 0 Å². The second-order valence-electron chi connectivity index (χ2n) is 7.57. The molecule has 1 N–H and O–H groups in total. The number of rotatable bonds is 6. The molecule has 1 amide bonds. The van der Waals surface area contributed by atoms with Gasteiger partial charge in [0.1, 0.15) is 22.3 Å². The van der Waals surface area contributed by atoms with E-state index in [9.17, 15) is 14.4 Å². The summed E-state index contributed by atoms with van der Waals surface area (Å²) in [6.45, 7) is 5.99. The fourth-order valence-electron chi connectivity index (χ4n) is 3.09. The first-order chi connectivity index (χ1) is 15.1. The third kappa shape index (κ3) is 4.84. The number of carbonyl (C=O) groups excluding carboxylic acids is 1. The Labute approximate surface area is 193 Å². The molecule has 9 nitrogen and oxygen atoms in total. The molecule has 0 radical (unpaired) electrons. The summed E-state index contributed by atoms with van der Waals surface area (Å²) in [5.74, 6) is 0.178. The SMILES string of the molecule is Cc1nc(SCC(=O)Nc2ccc(C#N)c(Cl)c2)c2c(=O)n(C)c(=O)n(CC(C)C)c2n1. The number of hydrogen-bond acceptors (Lipinski definition) is 7. The fraction of sp³-hybridized carbons (Fsp3) is 0.333. The summed E-state index contributed by atoms with van der Waals surface area (Å²) in [5.41, 5.74) is 0.0730. The Hall–Kier alpha value is -3.16. The zero-order chi connectivity index (χ0) is 23.6. The summed E-state index contributed by atoms with van der Waals surface area (Å²) < 4.78 is 2.51. The monoisotopic (exact) mass is 472 g/mol. The van der Waals surface area contributed by atoms with Crippen molar-refractivity contribution in [3.63, 3.8) is 0 Å². The maximum Gasteiger partial charge on any atom is 0.332 e. The van der Waals surface area contributed by atoms with Crippen LogP contribution in [0, 0.1) is 24.2 Å². The average Bonchev–Trinajstić information content (AvgIpc) is 2.73. The molecule has 0 aliphatic rings. The lowest BCUT2D eigenvalue weighted by Gasteiger charge is -2.15. The van der Waals surface area contributed by atoms with E-state index in [1.165, 1.54) is 23.7 Å². The van der Waals surface area contributed by atoms with Gasteiger partial charge >= 0.3 is 5.69 Å². The highest BCUT2D eigenvalue weighted by atomic mass is 35.5. The summed E-state index contributed by atoms with van der Waals surface area (Å²) >= 11 is 7.09. The molecule has 0 bridgehead atoms. The fourth-order valence-corrected chi connectivity index (χ4v) is 4.17. The number of nitriles is 1. The molecule has 0 saturated heterocycles. The van der Waals surface area contributed by atoms with Gasteiger partial charge in [-0.1, -0.05) is 37.2 Å². The molecule has 1 aromatic carbocycles. The van der Waals surface area contributed by atoms with Gasteiger partial charge in [0.15, 0.2) is 5.65 Å². The van der Waals surface area contributed by atoms with E-state index in [0.717, 1.165) is 16.3 Å². The highest BCUT2D eigenvalue weighted by Crippen LogP contribution is 2.24. The van der Waals surface area contributed by atoms with Crippen LogP contribution in [0.15, 0.2) is 32.8 Å². The van der Waals surface area contributed by atoms with Crippen LogP contribution in [0.25, 0.3) is 11.0 Å². The quantitative estimate of drug-likeness (QED) is 0.432. The Kier molecular flexibility index (Phi) is 7.01. The van der Waals surface area contributed by atoms with Crippen LogP contribution in [0.1, 0.15) is 25.2 Å². The van der Waals surface area contributed by atoms with Crippen molar-refractivity contribution in [1.29, 1.82) is 5.26 Å². The van der Waals surface area contributed by atoms with Crippen LogP contribution in [0.2, 0.25) is 5.02 Å². The molecule has 3 aromatic rings. The number of amides is 1. The summed E-state index contributed by atoms with van der Waals surface area (Å²) in [7, 11) is 1.41. The summed E-state index contributed by atoms with van der Waals surface area (Å²) in [6.07, 6.45) is 0. The topological polar surface area (TPSA) is 123 Å². The molecule has 2 heterocycles. The van der Waals surface area contributed by atoms with Gasteiger partial charge in [-0.2, -0.15) is 5.26 Å². The Morgan fingerprint density at radius 1 is 1.31 bits per heavy atom. The molecule has 166 valence electrons. The first-order valence-corrected chi connectivity index (χ1v) is 11.1. The highest BCUT2D eigenvalue weighted by Gasteiger charge is 2.19. The number of hydrogen-bond donors (Lipinski definition) is 1. The van der Waals surface area contributed by atoms with Crippen molar-refractivity contribution in [2.45, 2.75) is 32.3 Å². The smallest absolute Gasteiger partial charge is 0.325 e. The van der Waals surface area contributed by atoms with E-state index in [1.54, 1.807) is 13.0 Å². The summed E-state index contributed by atoms with van der Waals surface area (Å²) in [5, 5.41) is 12.4. The van der Waals surface area contributed by atoms with Gasteiger partial charge in [-0.05, 0) is 31.0 Å². The molecule has 0 unspecified atom stereocenters. The largest absolute Gasteiger partial charge is 0.332 e. The van der Waals surface area contributed by atoms with Crippen LogP contribution < -0.4 is 16.6 Å². The normalized spacial score (nSPS) is 11.0. The van der Waals surface area contributed by atoms with Gasteiger partial charge in [0.2, 0.25) is 5.91 Å². The van der Waals surface area contributed by atoms with Crippen LogP contribution in [0.4, 0.5) is 5.69 Å². The number of benzene rings is 1. The number of aryl methyl sites for hydroxylation is 1. The van der Waals surface area contributed by atoms with E-state index in [-0.39, 0.29) is 33.6 Å². The minimum absolute atomic E-state index is 0.0321. The molecule has 0 atom stereocenters. The lowest BCUT2D eigenvalue weighted by atomic mass is 10.2. The number of anilines is 1. The van der Waals surface area contributed by atoms with Crippen LogP contribution in [0.5, 0.6) is 0 Å². The predicted molar refractivity (Wildman–Crippen MR) is 124 cm³/mol. The maximum absolute atomic E-state index is 12.9. The van der Waals surface area contributed by atoms with E-state index in [4.69, 9.17) is 16.9 Å². The summed E-state index contributed by atoms with van der Waals surface area (Å²) in [4.78, 5) is 46.7. The molecular formula is C21H21ClN6O3S. The minimum atomic E-state index is -0.508. The zero-order valence-corrected chi connectivity index (χ0v) is 19.5. The number of nitrogens with one attached hydrogen (secondary N) is 1. The maximum atomic E-state index is 12.9. The van der Waals surface area contributed by atoms with E-state index in [1.807, 2.05) is 19.9 Å². The third-order valence-electron chi connectivity index (χ3n) is 4.52. The lowest BCUT2D eigenvalue weighted by Crippen LogP contribution is -2.39. The Bertz CT molecular complexity index is 1370. The molecule has 0 fully saturated rings. The van der Waals surface area contributed by atoms with Crippen LogP contribution >= 0.6 is 23.4 Å². The second kappa shape index (κ2) is 9.54. The average molecular weight is 473 g/mol. The van der Waals surface area contributed by atoms with Gasteiger partial charge in [-0.25, -0.2) is 14.8 Å². The molecule has 32 heavy (non-hydrogen) atoms. The van der Waals surface area contributed by atoms with Crippen molar-refractivity contribution >= 4 is 46.0 Å². The van der Waals surface area contributed by atoms with E-state index >= 15 is 0 Å². The molecule has 0 saturated carbocycles. The van der Waals surface area contributed by atoms with Gasteiger partial charge in [0.05, 0.1) is 16.3 Å². The number of nitrogens with zero attached hydrogens (tertiary/aromatic N) is 5. The van der Waals surface area contributed by atoms with Crippen molar-refractivity contribution in [3.05, 3.63) is 55.4 Å². The minimum Gasteiger partial charge on any atom is -0.325 e. The second-order valence-corrected chi connectivity index (χ2v) is 8.94. The van der Waals surface area contributed by atoms with E-state index in [0.29, 0.717) is 28.6 Å². The first kappa shape index (κ1) is 23.5. The van der Waals surface area contributed by atoms with Crippen molar-refractivity contribution in [1.82, 2.24) is 19.1 Å². The highest BCUT2D eigenvalue weighted by molar-refractivity contribution is 8.00. The van der Waals surface area contributed by atoms with Crippen molar-refractivity contribution < 1.29 is 4.79 Å². The van der Waals surface area contributed by atoms with Crippen molar-refractivity contribution in [2.24, 2.45) is 13.0 Å². The molecule has 0 aliphatic heterocycles. The van der Waals surface area contributed by atoms with Gasteiger partial charge in [0.25, 0.3) is 5.56 Å². The lowest BCUT2D eigenvalue weighted by molar-refractivity contribution is -0.113. The molecule has 0 aliphatic carbocycles. The predicted octanol–water partition coefficient (Wildman–Crippen LogP) is 2.71. The number of halogens is 1. The van der Waals surface area contributed by atoms with E-state index < -0.39 is 11.2 Å². The van der Waals surface area contributed by atoms with Crippen LogP contribution in [-0.2, 0) is 18.4 Å². The summed E-state index contributed by atoms with van der Waals surface area (Å²) in [6, 6.07) is 6.55. The van der Waals surface area contributed by atoms with Crippen molar-refractivity contribution in [3.8, 4) is 6.07 Å². The first-order valence-electron chi connectivity index (χ1n) is 9.72. The molecular weight excluding hydrogens is 452 g/mol. The molecule has 3 rings (SSSR count). The third-order valence-corrected chi connectivity index (χ3v) is 5.81. The number of aromatic nitrogens is 4. The van der Waals surface area contributed by atoms with Gasteiger partial charge in [-0.15, -0.1) is 0 Å². The van der Waals surface area contributed by atoms with Crippen LogP contribution in [-0.4, -0.2) is 30.8 Å². The van der Waals surface area contributed by atoms with Gasteiger partial charge < -0.3 is 5.32 Å². The van der Waals surface area contributed by atoms with Crippen molar-refractivity contribution in [2.75, 3.05) is 11.1 Å². The van der Waals surface area contributed by atoms with E-state index in [2.05, 4.69) is 15.3 Å². The zero-order valence-electron chi connectivity index (χ0n) is 18.0. The Morgan fingerprint density at radius 3 is 2.66 bits per heavy atom. The van der Waals surface area contributed by atoms with Gasteiger partial charge in [-0.3, -0.25) is 18.7 Å². The standard InChI is InChI=1S/C21H21ClN6O3S/c1-11(2)9-28-18-17(20(30)27(4)21(28)31)19(25-12(3)24-18)32-10-16(29)26-14-6-5-13(8-23)15(22)7-14/h5-7,11H,9-10H2,1-4H3,(H,26,29). The number of thioether (sulfide) groups is 1. The Morgan fingerprint density at radius 2 is 2.03 bits per heavy atom. The molecule has 0 spiro atoms.